The van der Waals surface area contributed by atoms with Gasteiger partial charge in [0, 0.05) is 23.3 Å². The van der Waals surface area contributed by atoms with E-state index in [2.05, 4.69) is 20.8 Å². The summed E-state index contributed by atoms with van der Waals surface area (Å²) in [6.07, 6.45) is 0. The van der Waals surface area contributed by atoms with Crippen molar-refractivity contribution in [2.24, 2.45) is 0 Å². The number of fused-ring (bicyclic) bond motifs is 1. The molecular formula is C20H17ClN4O3. The van der Waals surface area contributed by atoms with Crippen LogP contribution in [0.15, 0.2) is 54.6 Å². The normalized spacial score (nSPS) is 12.3. The van der Waals surface area contributed by atoms with Gasteiger partial charge >= 0.3 is 0 Å². The summed E-state index contributed by atoms with van der Waals surface area (Å²) < 4.78 is 11.1. The minimum atomic E-state index is -0.321. The molecule has 28 heavy (non-hydrogen) atoms. The minimum absolute atomic E-state index is 0.222. The van der Waals surface area contributed by atoms with Crippen LogP contribution >= 0.6 is 11.6 Å². The monoisotopic (exact) mass is 396 g/mol. The number of halogens is 1. The van der Waals surface area contributed by atoms with Gasteiger partial charge in [-0.3, -0.25) is 4.79 Å². The summed E-state index contributed by atoms with van der Waals surface area (Å²) in [7, 11) is 0. The highest BCUT2D eigenvalue weighted by Gasteiger charge is 2.13. The van der Waals surface area contributed by atoms with Crippen molar-refractivity contribution in [1.29, 1.82) is 0 Å². The quantitative estimate of drug-likeness (QED) is 0.685. The van der Waals surface area contributed by atoms with E-state index in [9.17, 15) is 4.79 Å². The number of carbonyl (C=O) groups is 1. The zero-order valence-electron chi connectivity index (χ0n) is 14.8. The SMILES string of the molecule is O=C(NCc1ccccc1Cl)c1ccc(Nc2ccc3c(c2)OCCO3)nn1. The average Bonchev–Trinajstić information content (AvgIpc) is 2.73. The number of ether oxygens (including phenoxy) is 2. The summed E-state index contributed by atoms with van der Waals surface area (Å²) in [5.41, 5.74) is 1.84. The first kappa shape index (κ1) is 18.1. The Bertz CT molecular complexity index is 995. The van der Waals surface area contributed by atoms with Gasteiger partial charge in [-0.25, -0.2) is 0 Å². The van der Waals surface area contributed by atoms with Crippen LogP contribution in [0.25, 0.3) is 0 Å². The van der Waals surface area contributed by atoms with Crippen LogP contribution in [-0.4, -0.2) is 29.3 Å². The Morgan fingerprint density at radius 2 is 1.82 bits per heavy atom. The Morgan fingerprint density at radius 3 is 2.61 bits per heavy atom. The summed E-state index contributed by atoms with van der Waals surface area (Å²) in [5, 5.41) is 14.6. The summed E-state index contributed by atoms with van der Waals surface area (Å²) in [6, 6.07) is 16.2. The van der Waals surface area contributed by atoms with Gasteiger partial charge in [-0.15, -0.1) is 10.2 Å². The van der Waals surface area contributed by atoms with E-state index in [1.165, 1.54) is 0 Å². The molecule has 0 saturated heterocycles. The maximum absolute atomic E-state index is 12.3. The van der Waals surface area contributed by atoms with Crippen LogP contribution in [-0.2, 0) is 6.54 Å². The number of benzene rings is 2. The third-order valence-electron chi connectivity index (χ3n) is 4.11. The molecule has 4 rings (SSSR count). The number of nitrogens with one attached hydrogen (secondary N) is 2. The Balaban J connectivity index is 1.38. The first-order chi connectivity index (χ1) is 13.7. The van der Waals surface area contributed by atoms with Gasteiger partial charge in [-0.05, 0) is 35.9 Å². The third kappa shape index (κ3) is 4.15. The molecule has 7 nitrogen and oxygen atoms in total. The number of hydrogen-bond acceptors (Lipinski definition) is 6. The van der Waals surface area contributed by atoms with E-state index in [4.69, 9.17) is 21.1 Å². The summed E-state index contributed by atoms with van der Waals surface area (Å²) in [4.78, 5) is 12.3. The van der Waals surface area contributed by atoms with Crippen LogP contribution in [0.4, 0.5) is 11.5 Å². The number of nitrogens with zero attached hydrogens (tertiary/aromatic N) is 2. The standard InChI is InChI=1S/C20H17ClN4O3/c21-15-4-2-1-3-13(15)12-22-20(26)16-6-8-19(25-24-16)23-14-5-7-17-18(11-14)28-10-9-27-17/h1-8,11H,9-10,12H2,(H,22,26)(H,23,25). The van der Waals surface area contributed by atoms with Crippen molar-refractivity contribution in [2.75, 3.05) is 18.5 Å². The van der Waals surface area contributed by atoms with E-state index in [1.54, 1.807) is 18.2 Å². The molecule has 2 N–H and O–H groups in total. The van der Waals surface area contributed by atoms with E-state index in [0.717, 1.165) is 11.3 Å². The van der Waals surface area contributed by atoms with E-state index in [-0.39, 0.29) is 11.6 Å². The van der Waals surface area contributed by atoms with Crippen molar-refractivity contribution in [1.82, 2.24) is 15.5 Å². The molecule has 2 heterocycles. The van der Waals surface area contributed by atoms with Crippen molar-refractivity contribution >= 4 is 29.0 Å². The molecule has 142 valence electrons. The molecule has 3 aromatic rings. The molecule has 0 bridgehead atoms. The number of rotatable bonds is 5. The molecular weight excluding hydrogens is 380 g/mol. The first-order valence-electron chi connectivity index (χ1n) is 8.71. The van der Waals surface area contributed by atoms with E-state index >= 15 is 0 Å². The van der Waals surface area contributed by atoms with Crippen LogP contribution < -0.4 is 20.1 Å². The Morgan fingerprint density at radius 1 is 1.00 bits per heavy atom. The Kier molecular flexibility index (Phi) is 5.25. The highest BCUT2D eigenvalue weighted by molar-refractivity contribution is 6.31. The second-order valence-electron chi connectivity index (χ2n) is 6.06. The Hall–Kier alpha value is -3.32. The maximum atomic E-state index is 12.3. The van der Waals surface area contributed by atoms with Gasteiger partial charge in [0.15, 0.2) is 23.0 Å². The number of anilines is 2. The van der Waals surface area contributed by atoms with Gasteiger partial charge in [0.05, 0.1) is 0 Å². The minimum Gasteiger partial charge on any atom is -0.486 e. The lowest BCUT2D eigenvalue weighted by Gasteiger charge is -2.19. The largest absolute Gasteiger partial charge is 0.486 e. The molecule has 1 amide bonds. The molecule has 1 aromatic heterocycles. The summed E-state index contributed by atoms with van der Waals surface area (Å²) >= 11 is 6.09. The van der Waals surface area contributed by atoms with Crippen LogP contribution in [0.2, 0.25) is 5.02 Å². The van der Waals surface area contributed by atoms with Crippen molar-refractivity contribution < 1.29 is 14.3 Å². The number of aromatic nitrogens is 2. The second kappa shape index (κ2) is 8.14. The van der Waals surface area contributed by atoms with Crippen LogP contribution in [0, 0.1) is 0 Å². The maximum Gasteiger partial charge on any atom is 0.272 e. The first-order valence-corrected chi connectivity index (χ1v) is 9.09. The van der Waals surface area contributed by atoms with Gasteiger partial charge in [0.25, 0.3) is 5.91 Å². The average molecular weight is 397 g/mol. The fourth-order valence-electron chi connectivity index (χ4n) is 2.70. The third-order valence-corrected chi connectivity index (χ3v) is 4.48. The van der Waals surface area contributed by atoms with Gasteiger partial charge in [0.2, 0.25) is 0 Å². The van der Waals surface area contributed by atoms with E-state index < -0.39 is 0 Å². The number of carbonyl (C=O) groups excluding carboxylic acids is 1. The molecule has 0 atom stereocenters. The van der Waals surface area contributed by atoms with Crippen LogP contribution in [0.5, 0.6) is 11.5 Å². The molecule has 0 radical (unpaired) electrons. The fraction of sp³-hybridized carbons (Fsp3) is 0.150. The predicted molar refractivity (Wildman–Crippen MR) is 105 cm³/mol. The Labute approximate surface area is 166 Å². The van der Waals surface area contributed by atoms with Gasteiger partial charge in [0.1, 0.15) is 13.2 Å². The van der Waals surface area contributed by atoms with Crippen molar-refractivity contribution in [2.45, 2.75) is 6.54 Å². The van der Waals surface area contributed by atoms with Crippen molar-refractivity contribution in [3.8, 4) is 11.5 Å². The predicted octanol–water partition coefficient (Wildman–Crippen LogP) is 3.57. The van der Waals surface area contributed by atoms with Gasteiger partial charge in [-0.2, -0.15) is 0 Å². The molecule has 1 aliphatic heterocycles. The molecule has 0 fully saturated rings. The van der Waals surface area contributed by atoms with Crippen molar-refractivity contribution in [3.05, 3.63) is 70.9 Å². The van der Waals surface area contributed by atoms with E-state index in [0.29, 0.717) is 42.1 Å². The molecule has 1 aliphatic rings. The molecule has 0 unspecified atom stereocenters. The summed E-state index contributed by atoms with van der Waals surface area (Å²) in [5.74, 6) is 1.59. The zero-order valence-corrected chi connectivity index (χ0v) is 15.6. The van der Waals surface area contributed by atoms with Crippen molar-refractivity contribution in [3.63, 3.8) is 0 Å². The molecule has 0 saturated carbocycles. The van der Waals surface area contributed by atoms with Gasteiger partial charge < -0.3 is 20.1 Å². The fourth-order valence-corrected chi connectivity index (χ4v) is 2.90. The lowest BCUT2D eigenvalue weighted by Crippen LogP contribution is -2.24. The lowest BCUT2D eigenvalue weighted by atomic mass is 10.2. The highest BCUT2D eigenvalue weighted by atomic mass is 35.5. The summed E-state index contributed by atoms with van der Waals surface area (Å²) in [6.45, 7) is 1.39. The second-order valence-corrected chi connectivity index (χ2v) is 6.47. The van der Waals surface area contributed by atoms with E-state index in [1.807, 2.05) is 36.4 Å². The van der Waals surface area contributed by atoms with Crippen LogP contribution in [0.3, 0.4) is 0 Å². The molecule has 0 aliphatic carbocycles. The van der Waals surface area contributed by atoms with Crippen LogP contribution in [0.1, 0.15) is 16.1 Å². The molecule has 0 spiro atoms. The highest BCUT2D eigenvalue weighted by Crippen LogP contribution is 2.33. The number of hydrogen-bond donors (Lipinski definition) is 2. The zero-order chi connectivity index (χ0) is 19.3. The molecule has 2 aromatic carbocycles. The van der Waals surface area contributed by atoms with Gasteiger partial charge in [-0.1, -0.05) is 29.8 Å². The topological polar surface area (TPSA) is 85.4 Å². The smallest absolute Gasteiger partial charge is 0.272 e. The number of amides is 1. The lowest BCUT2D eigenvalue weighted by molar-refractivity contribution is 0.0945. The molecule has 8 heteroatoms.